The first kappa shape index (κ1) is 20.5. The molecule has 3 rings (SSSR count). The Morgan fingerprint density at radius 2 is 1.71 bits per heavy atom. The predicted octanol–water partition coefficient (Wildman–Crippen LogP) is 4.57. The summed E-state index contributed by atoms with van der Waals surface area (Å²) < 4.78 is 37.7. The van der Waals surface area contributed by atoms with Gasteiger partial charge in [-0.1, -0.05) is 18.2 Å². The lowest BCUT2D eigenvalue weighted by atomic mass is 10.1. The minimum absolute atomic E-state index is 0.0864. The van der Waals surface area contributed by atoms with Crippen LogP contribution in [0.3, 0.4) is 0 Å². The molecule has 150 valence electrons. The van der Waals surface area contributed by atoms with Crippen molar-refractivity contribution in [2.24, 2.45) is 0 Å². The van der Waals surface area contributed by atoms with Gasteiger partial charge < -0.3 is 4.90 Å². The van der Waals surface area contributed by atoms with E-state index >= 15 is 0 Å². The highest BCUT2D eigenvalue weighted by molar-refractivity contribution is 8.00. The molecule has 0 aromatic heterocycles. The van der Waals surface area contributed by atoms with Crippen molar-refractivity contribution < 1.29 is 18.1 Å². The van der Waals surface area contributed by atoms with Gasteiger partial charge in [0.05, 0.1) is 4.92 Å². The summed E-state index contributed by atoms with van der Waals surface area (Å²) >= 11 is -0.0913. The van der Waals surface area contributed by atoms with Crippen LogP contribution in [-0.4, -0.2) is 48.1 Å². The fourth-order valence-electron chi connectivity index (χ4n) is 3.18. The summed E-state index contributed by atoms with van der Waals surface area (Å²) in [4.78, 5) is 14.9. The summed E-state index contributed by atoms with van der Waals surface area (Å²) in [5.74, 6) is 0. The highest BCUT2D eigenvalue weighted by Crippen LogP contribution is 2.38. The number of alkyl halides is 3. The maximum atomic E-state index is 12.6. The zero-order chi connectivity index (χ0) is 20.1. The molecule has 0 spiro atoms. The molecule has 2 aromatic rings. The van der Waals surface area contributed by atoms with Gasteiger partial charge in [0.15, 0.2) is 0 Å². The van der Waals surface area contributed by atoms with Crippen LogP contribution in [0.2, 0.25) is 0 Å². The molecule has 0 unspecified atom stereocenters. The van der Waals surface area contributed by atoms with Crippen molar-refractivity contribution in [3.8, 4) is 0 Å². The molecular formula is C19H20F3N3O2S. The minimum Gasteiger partial charge on any atom is -0.369 e. The molecule has 1 fully saturated rings. The molecule has 5 nitrogen and oxygen atoms in total. The third-order valence-electron chi connectivity index (χ3n) is 4.65. The molecule has 0 aliphatic carbocycles. The van der Waals surface area contributed by atoms with Crippen LogP contribution in [0.1, 0.15) is 5.56 Å². The summed E-state index contributed by atoms with van der Waals surface area (Å²) in [7, 11) is 0. The van der Waals surface area contributed by atoms with Gasteiger partial charge in [0.1, 0.15) is 0 Å². The Kier molecular flexibility index (Phi) is 6.46. The van der Waals surface area contributed by atoms with Crippen LogP contribution < -0.4 is 4.90 Å². The third kappa shape index (κ3) is 5.87. The maximum absolute atomic E-state index is 12.6. The molecule has 28 heavy (non-hydrogen) atoms. The molecule has 0 radical (unpaired) electrons. The predicted molar refractivity (Wildman–Crippen MR) is 104 cm³/mol. The standard InChI is InChI=1S/C19H20F3N3O2S/c20-19(21,22)28-18-3-1-2-17(14-18)24-12-10-23(11-13-24)9-8-15-4-6-16(7-5-15)25(26)27/h1-7,14H,8-13H2. The summed E-state index contributed by atoms with van der Waals surface area (Å²) in [6, 6.07) is 13.1. The van der Waals surface area contributed by atoms with Crippen LogP contribution in [0.25, 0.3) is 0 Å². The number of hydrogen-bond donors (Lipinski definition) is 0. The van der Waals surface area contributed by atoms with Gasteiger partial charge >= 0.3 is 5.51 Å². The molecule has 1 aliphatic rings. The van der Waals surface area contributed by atoms with E-state index in [1.165, 1.54) is 18.2 Å². The first-order chi connectivity index (χ1) is 13.3. The van der Waals surface area contributed by atoms with E-state index in [0.717, 1.165) is 50.4 Å². The summed E-state index contributed by atoms with van der Waals surface area (Å²) in [5, 5.41) is 10.7. The second-order valence-corrected chi connectivity index (χ2v) is 7.69. The molecule has 1 aliphatic heterocycles. The molecule has 0 atom stereocenters. The SMILES string of the molecule is O=[N+]([O-])c1ccc(CCN2CCN(c3cccc(SC(F)(F)F)c3)CC2)cc1. The third-order valence-corrected chi connectivity index (χ3v) is 5.37. The quantitative estimate of drug-likeness (QED) is 0.396. The van der Waals surface area contributed by atoms with Gasteiger partial charge in [-0.3, -0.25) is 15.0 Å². The molecule has 9 heteroatoms. The molecular weight excluding hydrogens is 391 g/mol. The van der Waals surface area contributed by atoms with Gasteiger partial charge in [-0.05, 0) is 41.9 Å². The van der Waals surface area contributed by atoms with Crippen molar-refractivity contribution in [1.29, 1.82) is 0 Å². The van der Waals surface area contributed by atoms with Crippen molar-refractivity contribution in [1.82, 2.24) is 4.90 Å². The van der Waals surface area contributed by atoms with E-state index in [1.54, 1.807) is 24.3 Å². The number of hydrogen-bond acceptors (Lipinski definition) is 5. The number of anilines is 1. The number of non-ortho nitro benzene ring substituents is 1. The first-order valence-electron chi connectivity index (χ1n) is 8.86. The van der Waals surface area contributed by atoms with E-state index in [4.69, 9.17) is 0 Å². The minimum atomic E-state index is -4.28. The Bertz CT molecular complexity index is 807. The molecule has 0 N–H and O–H groups in total. The van der Waals surface area contributed by atoms with E-state index in [0.29, 0.717) is 0 Å². The lowest BCUT2D eigenvalue weighted by molar-refractivity contribution is -0.384. The van der Waals surface area contributed by atoms with Gasteiger partial charge in [0.25, 0.3) is 5.69 Å². The van der Waals surface area contributed by atoms with Crippen molar-refractivity contribution in [3.63, 3.8) is 0 Å². The van der Waals surface area contributed by atoms with Crippen LogP contribution in [0.15, 0.2) is 53.4 Å². The van der Waals surface area contributed by atoms with E-state index in [1.807, 2.05) is 6.07 Å². The number of thioether (sulfide) groups is 1. The Balaban J connectivity index is 1.49. The van der Waals surface area contributed by atoms with Crippen molar-refractivity contribution in [3.05, 3.63) is 64.2 Å². The second-order valence-electron chi connectivity index (χ2n) is 6.55. The maximum Gasteiger partial charge on any atom is 0.446 e. The van der Waals surface area contributed by atoms with E-state index < -0.39 is 10.4 Å². The lowest BCUT2D eigenvalue weighted by Gasteiger charge is -2.36. The zero-order valence-corrected chi connectivity index (χ0v) is 15.9. The topological polar surface area (TPSA) is 49.6 Å². The summed E-state index contributed by atoms with van der Waals surface area (Å²) in [6.07, 6.45) is 0.801. The number of nitrogens with zero attached hydrogens (tertiary/aromatic N) is 3. The highest BCUT2D eigenvalue weighted by atomic mass is 32.2. The Labute approximate surface area is 165 Å². The molecule has 1 saturated heterocycles. The van der Waals surface area contributed by atoms with E-state index in [9.17, 15) is 23.3 Å². The van der Waals surface area contributed by atoms with Crippen molar-refractivity contribution in [2.75, 3.05) is 37.6 Å². The Morgan fingerprint density at radius 1 is 1.04 bits per heavy atom. The second kappa shape index (κ2) is 8.83. The smallest absolute Gasteiger partial charge is 0.369 e. The number of nitro groups is 1. The van der Waals surface area contributed by atoms with Crippen molar-refractivity contribution in [2.45, 2.75) is 16.8 Å². The van der Waals surface area contributed by atoms with Crippen molar-refractivity contribution >= 4 is 23.1 Å². The van der Waals surface area contributed by atoms with Gasteiger partial charge in [-0.25, -0.2) is 0 Å². The molecule has 0 saturated carbocycles. The van der Waals surface area contributed by atoms with Crippen LogP contribution in [0.4, 0.5) is 24.5 Å². The number of benzene rings is 2. The molecule has 1 heterocycles. The number of halogens is 3. The first-order valence-corrected chi connectivity index (χ1v) is 9.68. The van der Waals surface area contributed by atoms with Crippen LogP contribution >= 0.6 is 11.8 Å². The van der Waals surface area contributed by atoms with Gasteiger partial charge in [-0.2, -0.15) is 13.2 Å². The van der Waals surface area contributed by atoms with E-state index in [2.05, 4.69) is 9.80 Å². The number of rotatable bonds is 6. The molecule has 0 bridgehead atoms. The van der Waals surface area contributed by atoms with Gasteiger partial charge in [-0.15, -0.1) is 0 Å². The van der Waals surface area contributed by atoms with Crippen LogP contribution in [0.5, 0.6) is 0 Å². The fourth-order valence-corrected chi connectivity index (χ4v) is 3.77. The number of nitro benzene ring substituents is 1. The van der Waals surface area contributed by atoms with Crippen LogP contribution in [0, 0.1) is 10.1 Å². The van der Waals surface area contributed by atoms with Gasteiger partial charge in [0, 0.05) is 55.4 Å². The average Bonchev–Trinajstić information content (AvgIpc) is 2.66. The fraction of sp³-hybridized carbons (Fsp3) is 0.368. The van der Waals surface area contributed by atoms with Gasteiger partial charge in [0.2, 0.25) is 0 Å². The highest BCUT2D eigenvalue weighted by Gasteiger charge is 2.29. The lowest BCUT2D eigenvalue weighted by Crippen LogP contribution is -2.47. The molecule has 2 aromatic carbocycles. The Hall–Kier alpha value is -2.26. The van der Waals surface area contributed by atoms with Crippen LogP contribution in [-0.2, 0) is 6.42 Å². The average molecular weight is 411 g/mol. The number of piperazine rings is 1. The largest absolute Gasteiger partial charge is 0.446 e. The molecule has 0 amide bonds. The zero-order valence-electron chi connectivity index (χ0n) is 15.1. The summed E-state index contributed by atoms with van der Waals surface area (Å²) in [5.41, 5.74) is -2.34. The normalized spacial score (nSPS) is 15.6. The monoisotopic (exact) mass is 411 g/mol. The summed E-state index contributed by atoms with van der Waals surface area (Å²) in [6.45, 7) is 3.99. The van der Waals surface area contributed by atoms with E-state index in [-0.39, 0.29) is 22.3 Å². The Morgan fingerprint density at radius 3 is 2.32 bits per heavy atom.